The van der Waals surface area contributed by atoms with Crippen LogP contribution in [-0.2, 0) is 9.53 Å². The SMILES string of the molecule is CC(=O)c1ccc(N2CCN(C(=O)COC(=O)c3c(C)nc4ccccc4c3C)CC2)c(F)c1. The zero-order valence-electron chi connectivity index (χ0n) is 19.4. The molecule has 1 amide bonds. The van der Waals surface area contributed by atoms with Crippen LogP contribution in [-0.4, -0.2) is 60.3 Å². The number of nitrogens with zero attached hydrogens (tertiary/aromatic N) is 3. The van der Waals surface area contributed by atoms with E-state index < -0.39 is 11.8 Å². The number of hydrogen-bond donors (Lipinski definition) is 0. The second kappa shape index (κ2) is 9.59. The van der Waals surface area contributed by atoms with Crippen LogP contribution in [0.15, 0.2) is 42.5 Å². The number of ether oxygens (including phenoxy) is 1. The predicted molar refractivity (Wildman–Crippen MR) is 127 cm³/mol. The van der Waals surface area contributed by atoms with Gasteiger partial charge in [0.1, 0.15) is 5.82 Å². The average molecular weight is 464 g/mol. The highest BCUT2D eigenvalue weighted by Gasteiger charge is 2.25. The van der Waals surface area contributed by atoms with E-state index in [9.17, 15) is 18.8 Å². The molecule has 1 fully saturated rings. The molecule has 176 valence electrons. The predicted octanol–water partition coefficient (Wildman–Crippen LogP) is 3.70. The first-order valence-corrected chi connectivity index (χ1v) is 11.1. The summed E-state index contributed by atoms with van der Waals surface area (Å²) >= 11 is 0. The number of esters is 1. The molecule has 1 saturated heterocycles. The van der Waals surface area contributed by atoms with Gasteiger partial charge in [0.05, 0.1) is 22.5 Å². The number of Topliss-reactive ketones (excluding diaryl/α,β-unsaturated/α-hetero) is 1. The van der Waals surface area contributed by atoms with E-state index in [1.807, 2.05) is 36.1 Å². The first-order valence-electron chi connectivity index (χ1n) is 11.1. The van der Waals surface area contributed by atoms with Crippen LogP contribution in [0.1, 0.15) is 38.9 Å². The second-order valence-corrected chi connectivity index (χ2v) is 8.38. The number of hydrogen-bond acceptors (Lipinski definition) is 6. The Morgan fingerprint density at radius 1 is 1.03 bits per heavy atom. The van der Waals surface area contributed by atoms with E-state index >= 15 is 0 Å². The van der Waals surface area contributed by atoms with Crippen LogP contribution >= 0.6 is 0 Å². The van der Waals surface area contributed by atoms with Crippen LogP contribution < -0.4 is 4.90 Å². The van der Waals surface area contributed by atoms with Crippen molar-refractivity contribution < 1.29 is 23.5 Å². The first-order chi connectivity index (χ1) is 16.3. The molecule has 0 atom stereocenters. The number of para-hydroxylation sites is 1. The van der Waals surface area contributed by atoms with Gasteiger partial charge in [-0.1, -0.05) is 18.2 Å². The number of aryl methyl sites for hydroxylation is 2. The lowest BCUT2D eigenvalue weighted by Crippen LogP contribution is -2.50. The number of carbonyl (C=O) groups excluding carboxylic acids is 3. The number of fused-ring (bicyclic) bond motifs is 1. The zero-order valence-corrected chi connectivity index (χ0v) is 19.4. The Balaban J connectivity index is 1.36. The third kappa shape index (κ3) is 4.62. The number of amides is 1. The van der Waals surface area contributed by atoms with E-state index in [0.717, 1.165) is 16.5 Å². The second-order valence-electron chi connectivity index (χ2n) is 8.38. The highest BCUT2D eigenvalue weighted by Crippen LogP contribution is 2.24. The molecule has 1 aliphatic heterocycles. The minimum absolute atomic E-state index is 0.194. The van der Waals surface area contributed by atoms with E-state index in [2.05, 4.69) is 4.98 Å². The lowest BCUT2D eigenvalue weighted by Gasteiger charge is -2.36. The largest absolute Gasteiger partial charge is 0.452 e. The normalized spacial score (nSPS) is 13.8. The van der Waals surface area contributed by atoms with Crippen molar-refractivity contribution >= 4 is 34.3 Å². The molecule has 0 spiro atoms. The first kappa shape index (κ1) is 23.4. The standard InChI is InChI=1S/C26H26FN3O4/c1-16-20-6-4-5-7-22(20)28-17(2)25(16)26(33)34-15-24(32)30-12-10-29(11-13-30)23-9-8-19(18(3)31)14-21(23)27/h4-9,14H,10-13,15H2,1-3H3. The van der Waals surface area contributed by atoms with E-state index in [4.69, 9.17) is 4.74 Å². The molecule has 34 heavy (non-hydrogen) atoms. The molecule has 0 radical (unpaired) electrons. The van der Waals surface area contributed by atoms with Crippen molar-refractivity contribution in [2.24, 2.45) is 0 Å². The van der Waals surface area contributed by atoms with Crippen LogP contribution in [0.3, 0.4) is 0 Å². The lowest BCUT2D eigenvalue weighted by molar-refractivity contribution is -0.134. The summed E-state index contributed by atoms with van der Waals surface area (Å²) in [7, 11) is 0. The number of piperazine rings is 1. The van der Waals surface area contributed by atoms with Crippen molar-refractivity contribution in [1.82, 2.24) is 9.88 Å². The fourth-order valence-corrected chi connectivity index (χ4v) is 4.30. The molecule has 0 unspecified atom stereocenters. The van der Waals surface area contributed by atoms with Gasteiger partial charge in [-0.2, -0.15) is 0 Å². The van der Waals surface area contributed by atoms with E-state index in [1.165, 1.54) is 13.0 Å². The van der Waals surface area contributed by atoms with Crippen LogP contribution in [0.4, 0.5) is 10.1 Å². The van der Waals surface area contributed by atoms with E-state index in [-0.39, 0.29) is 18.3 Å². The number of carbonyl (C=O) groups is 3. The molecule has 2 aromatic carbocycles. The number of halogens is 1. The monoisotopic (exact) mass is 463 g/mol. The molecule has 3 aromatic rings. The summed E-state index contributed by atoms with van der Waals surface area (Å²) in [4.78, 5) is 44.8. The Hall–Kier alpha value is -3.81. The Morgan fingerprint density at radius 2 is 1.74 bits per heavy atom. The molecule has 0 aliphatic carbocycles. The van der Waals surface area contributed by atoms with E-state index in [0.29, 0.717) is 48.7 Å². The van der Waals surface area contributed by atoms with Gasteiger partial charge in [-0.05, 0) is 50.6 Å². The van der Waals surface area contributed by atoms with Crippen molar-refractivity contribution in [2.45, 2.75) is 20.8 Å². The van der Waals surface area contributed by atoms with Gasteiger partial charge in [-0.15, -0.1) is 0 Å². The fraction of sp³-hybridized carbons (Fsp3) is 0.308. The Bertz CT molecular complexity index is 1280. The number of anilines is 1. The van der Waals surface area contributed by atoms with Crippen molar-refractivity contribution in [3.05, 3.63) is 70.7 Å². The Labute approximate surface area is 197 Å². The zero-order chi connectivity index (χ0) is 24.4. The number of rotatable bonds is 5. The quantitative estimate of drug-likeness (QED) is 0.424. The van der Waals surface area contributed by atoms with Crippen molar-refractivity contribution in [3.8, 4) is 0 Å². The topological polar surface area (TPSA) is 79.8 Å². The van der Waals surface area contributed by atoms with Gasteiger partial charge in [-0.3, -0.25) is 14.6 Å². The Kier molecular flexibility index (Phi) is 6.58. The maximum absolute atomic E-state index is 14.4. The summed E-state index contributed by atoms with van der Waals surface area (Å²) in [5.74, 6) is -1.53. The summed E-state index contributed by atoms with van der Waals surface area (Å²) in [6, 6.07) is 12.0. The highest BCUT2D eigenvalue weighted by molar-refractivity contribution is 5.99. The van der Waals surface area contributed by atoms with Crippen LogP contribution in [0.25, 0.3) is 10.9 Å². The summed E-state index contributed by atoms with van der Waals surface area (Å²) < 4.78 is 19.8. The van der Waals surface area contributed by atoms with Crippen molar-refractivity contribution in [1.29, 1.82) is 0 Å². The summed E-state index contributed by atoms with van der Waals surface area (Å²) in [5.41, 5.74) is 3.23. The number of ketones is 1. The molecule has 0 bridgehead atoms. The molecule has 7 nitrogen and oxygen atoms in total. The smallest absolute Gasteiger partial charge is 0.340 e. The van der Waals surface area contributed by atoms with Gasteiger partial charge in [-0.25, -0.2) is 9.18 Å². The number of pyridine rings is 1. The van der Waals surface area contributed by atoms with Crippen LogP contribution in [0.5, 0.6) is 0 Å². The highest BCUT2D eigenvalue weighted by atomic mass is 19.1. The molecular formula is C26H26FN3O4. The average Bonchev–Trinajstić information content (AvgIpc) is 2.82. The lowest BCUT2D eigenvalue weighted by atomic mass is 10.0. The number of benzene rings is 2. The van der Waals surface area contributed by atoms with Gasteiger partial charge in [0, 0.05) is 37.1 Å². The van der Waals surface area contributed by atoms with Gasteiger partial charge in [0.15, 0.2) is 12.4 Å². The van der Waals surface area contributed by atoms with Gasteiger partial charge in [0.2, 0.25) is 0 Å². The molecular weight excluding hydrogens is 437 g/mol. The summed E-state index contributed by atoms with van der Waals surface area (Å²) in [6.45, 7) is 6.23. The molecule has 1 aliphatic rings. The van der Waals surface area contributed by atoms with Gasteiger partial charge < -0.3 is 14.5 Å². The maximum Gasteiger partial charge on any atom is 0.340 e. The third-order valence-electron chi connectivity index (χ3n) is 6.19. The third-order valence-corrected chi connectivity index (χ3v) is 6.19. The van der Waals surface area contributed by atoms with Gasteiger partial charge >= 0.3 is 5.97 Å². The van der Waals surface area contributed by atoms with E-state index in [1.54, 1.807) is 24.0 Å². The Morgan fingerprint density at radius 3 is 2.41 bits per heavy atom. The van der Waals surface area contributed by atoms with Crippen LogP contribution in [0, 0.1) is 19.7 Å². The minimum Gasteiger partial charge on any atom is -0.452 e. The molecule has 4 rings (SSSR count). The van der Waals surface area contributed by atoms with Crippen LogP contribution in [0.2, 0.25) is 0 Å². The van der Waals surface area contributed by atoms with Crippen molar-refractivity contribution in [3.63, 3.8) is 0 Å². The molecule has 0 N–H and O–H groups in total. The summed E-state index contributed by atoms with van der Waals surface area (Å²) in [6.07, 6.45) is 0. The molecule has 2 heterocycles. The van der Waals surface area contributed by atoms with Gasteiger partial charge in [0.25, 0.3) is 5.91 Å². The molecule has 8 heteroatoms. The minimum atomic E-state index is -0.576. The van der Waals surface area contributed by atoms with Crippen molar-refractivity contribution in [2.75, 3.05) is 37.7 Å². The summed E-state index contributed by atoms with van der Waals surface area (Å²) in [5, 5.41) is 0.867. The maximum atomic E-state index is 14.4. The molecule has 0 saturated carbocycles. The molecule has 1 aromatic heterocycles. The number of aromatic nitrogens is 1. The fourth-order valence-electron chi connectivity index (χ4n) is 4.30.